The first-order chi connectivity index (χ1) is 14.9. The average molecular weight is 426 g/mol. The van der Waals surface area contributed by atoms with E-state index in [1.807, 2.05) is 24.3 Å². The summed E-state index contributed by atoms with van der Waals surface area (Å²) in [7, 11) is 0. The van der Waals surface area contributed by atoms with Gasteiger partial charge in [-0.05, 0) is 53.5 Å². The Morgan fingerprint density at radius 1 is 1.19 bits per heavy atom. The lowest BCUT2D eigenvalue weighted by molar-refractivity contribution is -0.124. The Bertz CT molecular complexity index is 1000. The number of aryl methyl sites for hydroxylation is 1. The smallest absolute Gasteiger partial charge is 0.245 e. The molecular weight excluding hydrogens is 397 g/mol. The van der Waals surface area contributed by atoms with Gasteiger partial charge in [0, 0.05) is 18.5 Å². The molecular formula is C23H28FN5O2. The molecule has 1 heterocycles. The van der Waals surface area contributed by atoms with Crippen molar-refractivity contribution in [2.75, 3.05) is 6.61 Å². The summed E-state index contributed by atoms with van der Waals surface area (Å²) in [6, 6.07) is 13.1. The molecule has 31 heavy (non-hydrogen) atoms. The predicted octanol–water partition coefficient (Wildman–Crippen LogP) is 3.65. The van der Waals surface area contributed by atoms with Crippen LogP contribution in [0.5, 0.6) is 5.75 Å². The minimum absolute atomic E-state index is 0.253. The molecule has 3 aromatic rings. The number of nitrogens with one attached hydrogen (secondary N) is 1. The normalized spacial score (nSPS) is 12.0. The fraction of sp³-hybridized carbons (Fsp3) is 0.391. The Balaban J connectivity index is 1.72. The van der Waals surface area contributed by atoms with E-state index in [-0.39, 0.29) is 18.1 Å². The highest BCUT2D eigenvalue weighted by Crippen LogP contribution is 2.20. The van der Waals surface area contributed by atoms with E-state index in [9.17, 15) is 9.18 Å². The van der Waals surface area contributed by atoms with E-state index < -0.39 is 6.04 Å². The fourth-order valence-corrected chi connectivity index (χ4v) is 3.20. The summed E-state index contributed by atoms with van der Waals surface area (Å²) >= 11 is 0. The molecule has 0 aliphatic rings. The first-order valence-corrected chi connectivity index (χ1v) is 10.4. The number of halogens is 1. The molecule has 7 nitrogen and oxygen atoms in total. The van der Waals surface area contributed by atoms with Gasteiger partial charge in [-0.25, -0.2) is 9.07 Å². The van der Waals surface area contributed by atoms with Crippen molar-refractivity contribution in [3.8, 4) is 5.75 Å². The van der Waals surface area contributed by atoms with E-state index in [1.54, 1.807) is 19.1 Å². The topological polar surface area (TPSA) is 81.9 Å². The van der Waals surface area contributed by atoms with E-state index in [0.717, 1.165) is 17.7 Å². The van der Waals surface area contributed by atoms with Crippen LogP contribution in [-0.2, 0) is 17.8 Å². The third-order valence-corrected chi connectivity index (χ3v) is 4.95. The maximum Gasteiger partial charge on any atom is 0.245 e. The lowest BCUT2D eigenvalue weighted by atomic mass is 10.0. The van der Waals surface area contributed by atoms with Gasteiger partial charge in [-0.3, -0.25) is 4.79 Å². The summed E-state index contributed by atoms with van der Waals surface area (Å²) in [6.45, 7) is 6.94. The molecule has 0 aliphatic heterocycles. The van der Waals surface area contributed by atoms with Crippen molar-refractivity contribution < 1.29 is 13.9 Å². The number of nitrogens with zero attached hydrogens (tertiary/aromatic N) is 4. The van der Waals surface area contributed by atoms with Crippen LogP contribution < -0.4 is 10.1 Å². The molecule has 0 bridgehead atoms. The summed E-state index contributed by atoms with van der Waals surface area (Å²) in [4.78, 5) is 13.1. The van der Waals surface area contributed by atoms with Crippen LogP contribution in [0.1, 0.15) is 43.3 Å². The van der Waals surface area contributed by atoms with E-state index in [4.69, 9.17) is 4.74 Å². The molecule has 2 aromatic carbocycles. The Hall–Kier alpha value is -3.29. The number of ether oxygens (including phenoxy) is 1. The zero-order valence-electron chi connectivity index (χ0n) is 18.1. The van der Waals surface area contributed by atoms with Crippen LogP contribution in [0.25, 0.3) is 0 Å². The molecule has 0 saturated carbocycles. The number of hydrogen-bond acceptors (Lipinski definition) is 5. The Kier molecular flexibility index (Phi) is 7.70. The second kappa shape index (κ2) is 10.7. The van der Waals surface area contributed by atoms with Gasteiger partial charge in [-0.2, -0.15) is 0 Å². The van der Waals surface area contributed by atoms with Gasteiger partial charge in [-0.1, -0.05) is 44.2 Å². The second-order valence-electron chi connectivity index (χ2n) is 7.88. The molecule has 1 aromatic heterocycles. The minimum atomic E-state index is -0.703. The quantitative estimate of drug-likeness (QED) is 0.536. The first-order valence-electron chi connectivity index (χ1n) is 10.4. The van der Waals surface area contributed by atoms with E-state index in [0.29, 0.717) is 30.5 Å². The molecule has 0 saturated heterocycles. The fourth-order valence-electron chi connectivity index (χ4n) is 3.20. The highest BCUT2D eigenvalue weighted by atomic mass is 19.1. The van der Waals surface area contributed by atoms with Crippen molar-refractivity contribution in [3.05, 3.63) is 71.3 Å². The standard InChI is InChI=1S/C23H28FN5O2/c1-16(2)11-12-31-22-10-5-4-8-19(22)15-25-23(30)21(29-17(3)26-27-28-29)14-18-7-6-9-20(24)13-18/h4-10,13,16,21H,11-12,14-15H2,1-3H3,(H,25,30). The molecule has 0 spiro atoms. The largest absolute Gasteiger partial charge is 0.493 e. The lowest BCUT2D eigenvalue weighted by Crippen LogP contribution is -2.34. The number of carbonyl (C=O) groups is 1. The van der Waals surface area contributed by atoms with Crippen molar-refractivity contribution in [1.82, 2.24) is 25.5 Å². The van der Waals surface area contributed by atoms with E-state index >= 15 is 0 Å². The van der Waals surface area contributed by atoms with Crippen LogP contribution in [0, 0.1) is 18.7 Å². The minimum Gasteiger partial charge on any atom is -0.493 e. The third kappa shape index (κ3) is 6.34. The summed E-state index contributed by atoms with van der Waals surface area (Å²) in [5.41, 5.74) is 1.57. The molecule has 1 N–H and O–H groups in total. The van der Waals surface area contributed by atoms with Gasteiger partial charge in [0.05, 0.1) is 6.61 Å². The zero-order chi connectivity index (χ0) is 22.2. The number of carbonyl (C=O) groups excluding carboxylic acids is 1. The number of hydrogen-bond donors (Lipinski definition) is 1. The van der Waals surface area contributed by atoms with Gasteiger partial charge in [-0.15, -0.1) is 5.10 Å². The summed E-state index contributed by atoms with van der Waals surface area (Å²) in [5, 5.41) is 14.5. The SMILES string of the molecule is Cc1nnnn1C(Cc1cccc(F)c1)C(=O)NCc1ccccc1OCCC(C)C. The molecule has 164 valence electrons. The molecule has 1 atom stereocenters. The Morgan fingerprint density at radius 3 is 2.71 bits per heavy atom. The van der Waals surface area contributed by atoms with Crippen LogP contribution >= 0.6 is 0 Å². The molecule has 1 amide bonds. The molecule has 0 radical (unpaired) electrons. The van der Waals surface area contributed by atoms with Crippen molar-refractivity contribution in [2.45, 2.75) is 46.2 Å². The molecule has 0 fully saturated rings. The van der Waals surface area contributed by atoms with E-state index in [1.165, 1.54) is 16.8 Å². The summed E-state index contributed by atoms with van der Waals surface area (Å²) in [6.07, 6.45) is 1.22. The number of aromatic nitrogens is 4. The number of rotatable bonds is 10. The predicted molar refractivity (Wildman–Crippen MR) is 115 cm³/mol. The van der Waals surface area contributed by atoms with Gasteiger partial charge < -0.3 is 10.1 Å². The lowest BCUT2D eigenvalue weighted by Gasteiger charge is -2.19. The maximum absolute atomic E-state index is 13.6. The van der Waals surface area contributed by atoms with Crippen molar-refractivity contribution in [2.24, 2.45) is 5.92 Å². The van der Waals surface area contributed by atoms with Gasteiger partial charge in [0.2, 0.25) is 5.91 Å². The number of para-hydroxylation sites is 1. The summed E-state index contributed by atoms with van der Waals surface area (Å²) in [5.74, 6) is 1.21. The molecule has 3 rings (SSSR count). The van der Waals surface area contributed by atoms with Crippen LogP contribution in [0.2, 0.25) is 0 Å². The molecule has 0 aliphatic carbocycles. The monoisotopic (exact) mass is 425 g/mol. The number of benzene rings is 2. The van der Waals surface area contributed by atoms with Crippen LogP contribution in [0.3, 0.4) is 0 Å². The summed E-state index contributed by atoms with van der Waals surface area (Å²) < 4.78 is 21.0. The molecule has 1 unspecified atom stereocenters. The third-order valence-electron chi connectivity index (χ3n) is 4.95. The van der Waals surface area contributed by atoms with Crippen LogP contribution in [0.15, 0.2) is 48.5 Å². The highest BCUT2D eigenvalue weighted by Gasteiger charge is 2.24. The highest BCUT2D eigenvalue weighted by molar-refractivity contribution is 5.80. The van der Waals surface area contributed by atoms with Gasteiger partial charge >= 0.3 is 0 Å². The average Bonchev–Trinajstić information content (AvgIpc) is 3.16. The number of amides is 1. The van der Waals surface area contributed by atoms with Gasteiger partial charge in [0.15, 0.2) is 0 Å². The number of tetrazole rings is 1. The maximum atomic E-state index is 13.6. The van der Waals surface area contributed by atoms with Crippen molar-refractivity contribution in [3.63, 3.8) is 0 Å². The van der Waals surface area contributed by atoms with E-state index in [2.05, 4.69) is 34.7 Å². The van der Waals surface area contributed by atoms with Gasteiger partial charge in [0.1, 0.15) is 23.4 Å². The van der Waals surface area contributed by atoms with Crippen LogP contribution in [-0.4, -0.2) is 32.7 Å². The second-order valence-corrected chi connectivity index (χ2v) is 7.88. The first kappa shape index (κ1) is 22.4. The van der Waals surface area contributed by atoms with Crippen LogP contribution in [0.4, 0.5) is 4.39 Å². The Labute approximate surface area is 181 Å². The Morgan fingerprint density at radius 2 is 2.00 bits per heavy atom. The van der Waals surface area contributed by atoms with Crippen molar-refractivity contribution in [1.29, 1.82) is 0 Å². The zero-order valence-corrected chi connectivity index (χ0v) is 18.1. The molecule has 8 heteroatoms. The van der Waals surface area contributed by atoms with Gasteiger partial charge in [0.25, 0.3) is 0 Å². The van der Waals surface area contributed by atoms with Crippen molar-refractivity contribution >= 4 is 5.91 Å².